The van der Waals surface area contributed by atoms with E-state index in [4.69, 9.17) is 4.74 Å². The van der Waals surface area contributed by atoms with Crippen molar-refractivity contribution >= 4 is 21.9 Å². The summed E-state index contributed by atoms with van der Waals surface area (Å²) in [5.74, 6) is 0.299. The molecule has 0 aliphatic heterocycles. The van der Waals surface area contributed by atoms with Gasteiger partial charge in [0.05, 0.1) is 6.42 Å². The van der Waals surface area contributed by atoms with Crippen LogP contribution in [0.15, 0.2) is 89.4 Å². The van der Waals surface area contributed by atoms with Crippen molar-refractivity contribution in [3.63, 3.8) is 0 Å². The number of hydrogen-bond acceptors (Lipinski definition) is 2. The van der Waals surface area contributed by atoms with Gasteiger partial charge in [-0.1, -0.05) is 76.6 Å². The molecule has 0 aromatic heterocycles. The number of halogens is 1. The zero-order valence-corrected chi connectivity index (χ0v) is 14.6. The van der Waals surface area contributed by atoms with Crippen LogP contribution in [0, 0.1) is 0 Å². The highest BCUT2D eigenvalue weighted by molar-refractivity contribution is 9.10. The normalized spacial score (nSPS) is 10.6. The van der Waals surface area contributed by atoms with Gasteiger partial charge in [0.25, 0.3) is 0 Å². The number of esters is 1. The van der Waals surface area contributed by atoms with Gasteiger partial charge in [-0.15, -0.1) is 0 Å². The number of rotatable bonds is 5. The van der Waals surface area contributed by atoms with E-state index in [9.17, 15) is 4.79 Å². The standard InChI is InChI=1S/C21H17BrO2/c22-18-11-13-19(14-12-18)24-21(23)15-20(16-7-3-1-4-8-16)17-9-5-2-6-10-17/h1-14,20H,15H2. The van der Waals surface area contributed by atoms with Gasteiger partial charge in [-0.05, 0) is 35.4 Å². The molecule has 3 aromatic rings. The minimum atomic E-state index is -0.241. The van der Waals surface area contributed by atoms with Crippen LogP contribution in [0.3, 0.4) is 0 Å². The van der Waals surface area contributed by atoms with E-state index in [1.165, 1.54) is 0 Å². The molecule has 0 spiro atoms. The van der Waals surface area contributed by atoms with Gasteiger partial charge in [0.1, 0.15) is 5.75 Å². The minimum absolute atomic E-state index is 0.0182. The third-order valence-corrected chi connectivity index (χ3v) is 4.35. The smallest absolute Gasteiger partial charge is 0.312 e. The van der Waals surface area contributed by atoms with Crippen molar-refractivity contribution in [1.29, 1.82) is 0 Å². The molecule has 3 aromatic carbocycles. The van der Waals surface area contributed by atoms with E-state index < -0.39 is 0 Å². The van der Waals surface area contributed by atoms with Crippen molar-refractivity contribution in [1.82, 2.24) is 0 Å². The molecule has 2 nitrogen and oxygen atoms in total. The van der Waals surface area contributed by atoms with Crippen LogP contribution >= 0.6 is 15.9 Å². The number of ether oxygens (including phenoxy) is 1. The molecule has 3 heteroatoms. The number of benzene rings is 3. The first-order valence-corrected chi connectivity index (χ1v) is 8.58. The molecule has 0 atom stereocenters. The molecule has 120 valence electrons. The second-order valence-corrected chi connectivity index (χ2v) is 6.42. The summed E-state index contributed by atoms with van der Waals surface area (Å²) < 4.78 is 6.44. The number of carbonyl (C=O) groups excluding carboxylic acids is 1. The Kier molecular flexibility index (Phi) is 5.44. The summed E-state index contributed by atoms with van der Waals surface area (Å²) in [6, 6.07) is 27.4. The van der Waals surface area contributed by atoms with Gasteiger partial charge < -0.3 is 4.74 Å². The summed E-state index contributed by atoms with van der Waals surface area (Å²) >= 11 is 3.37. The summed E-state index contributed by atoms with van der Waals surface area (Å²) in [5.41, 5.74) is 2.22. The number of hydrogen-bond donors (Lipinski definition) is 0. The molecule has 0 saturated carbocycles. The molecule has 0 radical (unpaired) electrons. The van der Waals surface area contributed by atoms with Crippen molar-refractivity contribution < 1.29 is 9.53 Å². The second-order valence-electron chi connectivity index (χ2n) is 5.51. The first-order valence-electron chi connectivity index (χ1n) is 7.78. The summed E-state index contributed by atoms with van der Waals surface area (Å²) in [7, 11) is 0. The summed E-state index contributed by atoms with van der Waals surface area (Å²) in [6.07, 6.45) is 0.296. The van der Waals surface area contributed by atoms with Gasteiger partial charge >= 0.3 is 5.97 Å². The maximum Gasteiger partial charge on any atom is 0.312 e. The zero-order chi connectivity index (χ0) is 16.8. The van der Waals surface area contributed by atoms with Crippen LogP contribution in [0.5, 0.6) is 5.75 Å². The quantitative estimate of drug-likeness (QED) is 0.426. The molecule has 0 heterocycles. The maximum absolute atomic E-state index is 12.4. The van der Waals surface area contributed by atoms with Gasteiger partial charge in [-0.2, -0.15) is 0 Å². The Bertz CT molecular complexity index is 744. The minimum Gasteiger partial charge on any atom is -0.427 e. The Morgan fingerprint density at radius 2 is 1.29 bits per heavy atom. The highest BCUT2D eigenvalue weighted by Crippen LogP contribution is 2.28. The Hall–Kier alpha value is -2.39. The predicted octanol–water partition coefficient (Wildman–Crippen LogP) is 5.58. The third kappa shape index (κ3) is 4.33. The van der Waals surface area contributed by atoms with Gasteiger partial charge in [0.2, 0.25) is 0 Å². The first-order chi connectivity index (χ1) is 11.7. The highest BCUT2D eigenvalue weighted by Gasteiger charge is 2.19. The highest BCUT2D eigenvalue weighted by atomic mass is 79.9. The van der Waals surface area contributed by atoms with Crippen molar-refractivity contribution in [3.8, 4) is 5.75 Å². The van der Waals surface area contributed by atoms with Crippen LogP contribution < -0.4 is 4.74 Å². The van der Waals surface area contributed by atoms with Crippen LogP contribution in [0.25, 0.3) is 0 Å². The van der Waals surface area contributed by atoms with Crippen molar-refractivity contribution in [2.45, 2.75) is 12.3 Å². The lowest BCUT2D eigenvalue weighted by Gasteiger charge is -2.17. The molecule has 3 rings (SSSR count). The lowest BCUT2D eigenvalue weighted by molar-refractivity contribution is -0.134. The predicted molar refractivity (Wildman–Crippen MR) is 99.1 cm³/mol. The average Bonchev–Trinajstić information content (AvgIpc) is 2.63. The van der Waals surface area contributed by atoms with Gasteiger partial charge in [0, 0.05) is 10.4 Å². The molecule has 0 unspecified atom stereocenters. The fourth-order valence-electron chi connectivity index (χ4n) is 2.64. The monoisotopic (exact) mass is 380 g/mol. The van der Waals surface area contributed by atoms with E-state index in [0.29, 0.717) is 12.2 Å². The van der Waals surface area contributed by atoms with E-state index in [-0.39, 0.29) is 11.9 Å². The largest absolute Gasteiger partial charge is 0.427 e. The fraction of sp³-hybridized carbons (Fsp3) is 0.0952. The van der Waals surface area contributed by atoms with E-state index in [1.54, 1.807) is 12.1 Å². The average molecular weight is 381 g/mol. The van der Waals surface area contributed by atoms with Gasteiger partial charge in [0.15, 0.2) is 0 Å². The van der Waals surface area contributed by atoms with E-state index in [1.807, 2.05) is 72.8 Å². The number of carbonyl (C=O) groups is 1. The molecule has 0 bridgehead atoms. The lowest BCUT2D eigenvalue weighted by atomic mass is 9.89. The Morgan fingerprint density at radius 3 is 1.79 bits per heavy atom. The molecular formula is C21H17BrO2. The third-order valence-electron chi connectivity index (χ3n) is 3.82. The Morgan fingerprint density at radius 1 is 0.792 bits per heavy atom. The van der Waals surface area contributed by atoms with Crippen molar-refractivity contribution in [3.05, 3.63) is 101 Å². The van der Waals surface area contributed by atoms with Crippen LogP contribution in [0.1, 0.15) is 23.5 Å². The second kappa shape index (κ2) is 7.93. The summed E-state index contributed by atoms with van der Waals surface area (Å²) in [4.78, 5) is 12.4. The van der Waals surface area contributed by atoms with Crippen LogP contribution in [0.4, 0.5) is 0 Å². The zero-order valence-electron chi connectivity index (χ0n) is 13.1. The van der Waals surface area contributed by atoms with Crippen LogP contribution in [0.2, 0.25) is 0 Å². The van der Waals surface area contributed by atoms with Gasteiger partial charge in [-0.25, -0.2) is 0 Å². The van der Waals surface area contributed by atoms with Crippen molar-refractivity contribution in [2.75, 3.05) is 0 Å². The Balaban J connectivity index is 1.79. The van der Waals surface area contributed by atoms with Crippen molar-refractivity contribution in [2.24, 2.45) is 0 Å². The lowest BCUT2D eigenvalue weighted by Crippen LogP contribution is -2.14. The summed E-state index contributed by atoms with van der Waals surface area (Å²) in [5, 5.41) is 0. The van der Waals surface area contributed by atoms with E-state index >= 15 is 0 Å². The first kappa shape index (κ1) is 16.5. The van der Waals surface area contributed by atoms with E-state index in [2.05, 4.69) is 15.9 Å². The van der Waals surface area contributed by atoms with Crippen LogP contribution in [-0.2, 0) is 4.79 Å². The topological polar surface area (TPSA) is 26.3 Å². The molecule has 0 aliphatic carbocycles. The molecule has 0 amide bonds. The molecule has 0 fully saturated rings. The fourth-order valence-corrected chi connectivity index (χ4v) is 2.91. The van der Waals surface area contributed by atoms with E-state index in [0.717, 1.165) is 15.6 Å². The molecule has 0 N–H and O–H groups in total. The maximum atomic E-state index is 12.4. The van der Waals surface area contributed by atoms with Crippen LogP contribution in [-0.4, -0.2) is 5.97 Å². The molecule has 0 aliphatic rings. The molecular weight excluding hydrogens is 364 g/mol. The van der Waals surface area contributed by atoms with Gasteiger partial charge in [-0.3, -0.25) is 4.79 Å². The summed E-state index contributed by atoms with van der Waals surface area (Å²) in [6.45, 7) is 0. The molecule has 0 saturated heterocycles. The SMILES string of the molecule is O=C(CC(c1ccccc1)c1ccccc1)Oc1ccc(Br)cc1. The molecule has 24 heavy (non-hydrogen) atoms. The Labute approximate surface area is 150 Å².